The van der Waals surface area contributed by atoms with Crippen LogP contribution in [-0.4, -0.2) is 5.84 Å². The van der Waals surface area contributed by atoms with E-state index in [0.29, 0.717) is 5.82 Å². The number of anilines is 1. The first-order valence-electron chi connectivity index (χ1n) is 9.13. The van der Waals surface area contributed by atoms with Crippen LogP contribution in [0, 0.1) is 0 Å². The minimum atomic E-state index is 0.194. The first-order valence-corrected chi connectivity index (χ1v) is 9.13. The molecule has 0 fully saturated rings. The largest absolute Gasteiger partial charge is 0.393 e. The summed E-state index contributed by atoms with van der Waals surface area (Å²) in [5.74, 6) is 0.536. The Kier molecular flexibility index (Phi) is 6.52. The number of nitrogens with zero attached hydrogens (tertiary/aromatic N) is 2. The van der Waals surface area contributed by atoms with Crippen LogP contribution in [0.15, 0.2) is 108 Å². The van der Waals surface area contributed by atoms with E-state index >= 15 is 0 Å². The maximum Gasteiger partial charge on any atom is 0.172 e. The topological polar surface area (TPSA) is 106 Å². The fraction of sp³-hybridized carbons (Fsp3) is 0. The number of amidine groups is 1. The molecule has 0 aliphatic carbocycles. The molecule has 0 amide bonds. The Bertz CT molecular complexity index is 954. The molecule has 0 aromatic heterocycles. The van der Waals surface area contributed by atoms with Crippen molar-refractivity contribution in [2.24, 2.45) is 22.3 Å². The lowest BCUT2D eigenvalue weighted by atomic mass is 10.1. The molecular weight excluding hydrogens is 360 g/mol. The number of nitrogens with two attached hydrogens (primary N) is 3. The predicted molar refractivity (Wildman–Crippen MR) is 121 cm³/mol. The molecule has 6 nitrogen and oxygen atoms in total. The van der Waals surface area contributed by atoms with Gasteiger partial charge in [-0.05, 0) is 23.3 Å². The highest BCUT2D eigenvalue weighted by atomic mass is 15.7. The third-order valence-electron chi connectivity index (χ3n) is 4.15. The van der Waals surface area contributed by atoms with Gasteiger partial charge in [-0.15, -0.1) is 5.10 Å². The summed E-state index contributed by atoms with van der Waals surface area (Å²) in [7, 11) is 0. The zero-order chi connectivity index (χ0) is 20.5. The summed E-state index contributed by atoms with van der Waals surface area (Å²) >= 11 is 0. The molecule has 0 unspecified atom stereocenters. The van der Waals surface area contributed by atoms with E-state index in [0.717, 1.165) is 5.69 Å². The highest BCUT2D eigenvalue weighted by molar-refractivity contribution is 5.97. The second-order valence-corrected chi connectivity index (χ2v) is 6.22. The summed E-state index contributed by atoms with van der Waals surface area (Å²) in [6.07, 6.45) is 4.24. The van der Waals surface area contributed by atoms with Gasteiger partial charge in [0.25, 0.3) is 0 Å². The van der Waals surface area contributed by atoms with Gasteiger partial charge in [0, 0.05) is 0 Å². The second kappa shape index (κ2) is 9.66. The molecule has 3 aromatic carbocycles. The third kappa shape index (κ3) is 5.40. The van der Waals surface area contributed by atoms with Gasteiger partial charge in [-0.1, -0.05) is 91.0 Å². The van der Waals surface area contributed by atoms with Crippen molar-refractivity contribution >= 4 is 23.7 Å². The van der Waals surface area contributed by atoms with Crippen LogP contribution >= 0.6 is 0 Å². The van der Waals surface area contributed by atoms with Crippen molar-refractivity contribution in [2.75, 3.05) is 5.01 Å². The van der Waals surface area contributed by atoms with Crippen molar-refractivity contribution in [3.05, 3.63) is 114 Å². The van der Waals surface area contributed by atoms with Gasteiger partial charge in [0.05, 0.1) is 5.69 Å². The minimum Gasteiger partial charge on any atom is -0.393 e. The number of rotatable bonds is 3. The Hall–Kier alpha value is -4.19. The number of hydrazone groups is 1. The van der Waals surface area contributed by atoms with Crippen LogP contribution in [0.3, 0.4) is 0 Å². The lowest BCUT2D eigenvalue weighted by Gasteiger charge is -2.27. The van der Waals surface area contributed by atoms with E-state index in [4.69, 9.17) is 17.2 Å². The van der Waals surface area contributed by atoms with E-state index in [1.54, 1.807) is 5.01 Å². The maximum atomic E-state index is 5.80. The summed E-state index contributed by atoms with van der Waals surface area (Å²) in [6.45, 7) is 0. The van der Waals surface area contributed by atoms with Crippen molar-refractivity contribution < 1.29 is 0 Å². The number of hydrogen-bond acceptors (Lipinski definition) is 6. The molecule has 29 heavy (non-hydrogen) atoms. The van der Waals surface area contributed by atoms with E-state index < -0.39 is 0 Å². The molecule has 1 heterocycles. The lowest BCUT2D eigenvalue weighted by Crippen LogP contribution is -2.46. The molecule has 1 aliphatic rings. The molecule has 146 valence electrons. The van der Waals surface area contributed by atoms with Crippen LogP contribution in [0.2, 0.25) is 0 Å². The van der Waals surface area contributed by atoms with Gasteiger partial charge >= 0.3 is 0 Å². The normalized spacial score (nSPS) is 13.4. The van der Waals surface area contributed by atoms with Gasteiger partial charge in [-0.25, -0.2) is 10.5 Å². The van der Waals surface area contributed by atoms with Crippen molar-refractivity contribution in [3.63, 3.8) is 0 Å². The van der Waals surface area contributed by atoms with Crippen LogP contribution in [0.5, 0.6) is 0 Å². The van der Waals surface area contributed by atoms with Gasteiger partial charge in [0.1, 0.15) is 5.70 Å². The van der Waals surface area contributed by atoms with Crippen LogP contribution in [0.1, 0.15) is 11.1 Å². The highest BCUT2D eigenvalue weighted by Crippen LogP contribution is 2.16. The summed E-state index contributed by atoms with van der Waals surface area (Å²) in [6, 6.07) is 30.1. The number of hydrogen-bond donors (Lipinski definition) is 4. The standard InChI is InChI=1S/C14H12.C9H12N6/c1-3-7-13(8-4-1)11-12-14-9-5-2-6-10-14;10-7-8(11)13-14-15(9(7)12)6-4-2-1-3-5-6/h1-12H;1-5,14H,10,12H2,(H2,11,13). The summed E-state index contributed by atoms with van der Waals surface area (Å²) in [4.78, 5) is 0. The van der Waals surface area contributed by atoms with Gasteiger partial charge in [-0.3, -0.25) is 0 Å². The number of nitrogens with one attached hydrogen (secondary N) is 1. The fourth-order valence-electron chi connectivity index (χ4n) is 2.56. The molecular formula is C23H24N6. The van der Waals surface area contributed by atoms with Crippen LogP contribution in [0.4, 0.5) is 5.69 Å². The van der Waals surface area contributed by atoms with Gasteiger partial charge in [0.2, 0.25) is 0 Å². The highest BCUT2D eigenvalue weighted by Gasteiger charge is 2.18. The van der Waals surface area contributed by atoms with Crippen LogP contribution in [0.25, 0.3) is 12.2 Å². The van der Waals surface area contributed by atoms with E-state index in [9.17, 15) is 0 Å². The third-order valence-corrected chi connectivity index (χ3v) is 4.15. The van der Waals surface area contributed by atoms with Crippen LogP contribution in [-0.2, 0) is 0 Å². The molecule has 4 rings (SSSR count). The number of benzene rings is 3. The van der Waals surface area contributed by atoms with E-state index in [-0.39, 0.29) is 11.5 Å². The van der Waals surface area contributed by atoms with E-state index in [1.165, 1.54) is 11.1 Å². The van der Waals surface area contributed by atoms with Gasteiger partial charge in [0.15, 0.2) is 11.7 Å². The molecule has 0 atom stereocenters. The average molecular weight is 384 g/mol. The van der Waals surface area contributed by atoms with Crippen molar-refractivity contribution in [1.82, 2.24) is 5.53 Å². The zero-order valence-electron chi connectivity index (χ0n) is 15.9. The summed E-state index contributed by atoms with van der Waals surface area (Å²) in [5.41, 5.74) is 23.3. The molecule has 0 bridgehead atoms. The molecule has 7 N–H and O–H groups in total. The van der Waals surface area contributed by atoms with Crippen molar-refractivity contribution in [2.45, 2.75) is 0 Å². The fourth-order valence-corrected chi connectivity index (χ4v) is 2.56. The van der Waals surface area contributed by atoms with E-state index in [2.05, 4.69) is 47.1 Å². The molecule has 0 radical (unpaired) electrons. The lowest BCUT2D eigenvalue weighted by molar-refractivity contribution is 0.697. The molecule has 0 saturated heterocycles. The summed E-state index contributed by atoms with van der Waals surface area (Å²) < 4.78 is 0. The Morgan fingerprint density at radius 3 is 1.59 bits per heavy atom. The Morgan fingerprint density at radius 2 is 1.10 bits per heavy atom. The molecule has 1 aliphatic heterocycles. The monoisotopic (exact) mass is 384 g/mol. The molecule has 6 heteroatoms. The number of para-hydroxylation sites is 1. The molecule has 0 saturated carbocycles. The minimum absolute atomic E-state index is 0.194. The number of hydrazine groups is 1. The first kappa shape index (κ1) is 19.6. The predicted octanol–water partition coefficient (Wildman–Crippen LogP) is 3.23. The van der Waals surface area contributed by atoms with Gasteiger partial charge in [-0.2, -0.15) is 0 Å². The quantitative estimate of drug-likeness (QED) is 0.519. The maximum absolute atomic E-state index is 5.80. The Labute approximate surface area is 170 Å². The van der Waals surface area contributed by atoms with E-state index in [1.807, 2.05) is 66.7 Å². The Morgan fingerprint density at radius 1 is 0.655 bits per heavy atom. The molecule has 3 aromatic rings. The average Bonchev–Trinajstić information content (AvgIpc) is 2.79. The van der Waals surface area contributed by atoms with Crippen molar-refractivity contribution in [3.8, 4) is 0 Å². The first-order chi connectivity index (χ1) is 14.1. The SMILES string of the molecule is C(=Cc1ccccc1)c1ccccc1.NC1=NNN(c2ccccc2)C(N)=C1N. The smallest absolute Gasteiger partial charge is 0.172 e. The van der Waals surface area contributed by atoms with Gasteiger partial charge < -0.3 is 17.2 Å². The summed E-state index contributed by atoms with van der Waals surface area (Å²) in [5, 5.41) is 5.39. The van der Waals surface area contributed by atoms with Crippen LogP contribution < -0.4 is 27.7 Å². The van der Waals surface area contributed by atoms with Crippen molar-refractivity contribution in [1.29, 1.82) is 0 Å². The zero-order valence-corrected chi connectivity index (χ0v) is 15.9. The Balaban J connectivity index is 0.000000166. The second-order valence-electron chi connectivity index (χ2n) is 6.22. The molecule has 0 spiro atoms.